The number of alkyl halides is 3. The van der Waals surface area contributed by atoms with Gasteiger partial charge < -0.3 is 5.32 Å². The van der Waals surface area contributed by atoms with Crippen molar-refractivity contribution in [1.82, 2.24) is 10.2 Å². The van der Waals surface area contributed by atoms with E-state index in [1.54, 1.807) is 0 Å². The third-order valence-corrected chi connectivity index (χ3v) is 3.94. The molecule has 2 saturated heterocycles. The fourth-order valence-electron chi connectivity index (χ4n) is 3.15. The Morgan fingerprint density at radius 1 is 1.22 bits per heavy atom. The van der Waals surface area contributed by atoms with E-state index in [-0.39, 0.29) is 6.61 Å². The lowest BCUT2D eigenvalue weighted by molar-refractivity contribution is -0.325. The van der Waals surface area contributed by atoms with E-state index in [0.29, 0.717) is 18.5 Å². The maximum atomic E-state index is 11.9. The first-order chi connectivity index (χ1) is 8.56. The molecule has 2 rings (SSSR count). The zero-order valence-electron chi connectivity index (χ0n) is 10.5. The molecule has 0 saturated carbocycles. The molecular weight excluding hydrogens is 245 g/mol. The summed E-state index contributed by atoms with van der Waals surface area (Å²) in [7, 11) is 0. The number of likely N-dealkylation sites (tertiary alicyclic amines) is 1. The molecule has 1 N–H and O–H groups in total. The van der Waals surface area contributed by atoms with Crippen LogP contribution < -0.4 is 5.32 Å². The third-order valence-electron chi connectivity index (χ3n) is 3.94. The molecule has 0 aromatic heterocycles. The Bertz CT molecular complexity index is 254. The summed E-state index contributed by atoms with van der Waals surface area (Å²) in [6, 6.07) is 0.439. The second-order valence-corrected chi connectivity index (χ2v) is 5.15. The van der Waals surface area contributed by atoms with E-state index in [4.69, 9.17) is 0 Å². The van der Waals surface area contributed by atoms with Crippen molar-refractivity contribution in [3.8, 4) is 0 Å². The Balaban J connectivity index is 1.76. The standard InChI is InChI=1S/C12H21F3N2O/c13-12(14,15)18-8-7-17-6-2-4-11(17)10-3-1-5-16-9-10/h10-11,16H,1-9H2. The molecule has 106 valence electrons. The number of halogens is 3. The van der Waals surface area contributed by atoms with Gasteiger partial charge in [-0.05, 0) is 51.2 Å². The van der Waals surface area contributed by atoms with Crippen LogP contribution in [0.1, 0.15) is 25.7 Å². The van der Waals surface area contributed by atoms with Gasteiger partial charge in [0, 0.05) is 12.6 Å². The summed E-state index contributed by atoms with van der Waals surface area (Å²) in [5.41, 5.74) is 0. The highest BCUT2D eigenvalue weighted by Gasteiger charge is 2.33. The van der Waals surface area contributed by atoms with E-state index in [0.717, 1.165) is 32.5 Å². The van der Waals surface area contributed by atoms with Crippen molar-refractivity contribution in [3.63, 3.8) is 0 Å². The summed E-state index contributed by atoms with van der Waals surface area (Å²) in [4.78, 5) is 2.17. The van der Waals surface area contributed by atoms with Crippen molar-refractivity contribution in [1.29, 1.82) is 0 Å². The maximum Gasteiger partial charge on any atom is 0.522 e. The lowest BCUT2D eigenvalue weighted by Crippen LogP contribution is -2.44. The molecule has 2 unspecified atom stereocenters. The number of piperidine rings is 1. The molecule has 3 nitrogen and oxygen atoms in total. The minimum atomic E-state index is -4.50. The van der Waals surface area contributed by atoms with Crippen LogP contribution >= 0.6 is 0 Å². The molecule has 0 aliphatic carbocycles. The van der Waals surface area contributed by atoms with E-state index < -0.39 is 6.36 Å². The number of hydrogen-bond acceptors (Lipinski definition) is 3. The van der Waals surface area contributed by atoms with Gasteiger partial charge in [0.1, 0.15) is 0 Å². The monoisotopic (exact) mass is 266 g/mol. The molecule has 6 heteroatoms. The molecule has 0 aromatic carbocycles. The number of hydrogen-bond donors (Lipinski definition) is 1. The highest BCUT2D eigenvalue weighted by molar-refractivity contribution is 4.87. The van der Waals surface area contributed by atoms with Gasteiger partial charge in [-0.1, -0.05) is 0 Å². The van der Waals surface area contributed by atoms with Crippen molar-refractivity contribution in [2.24, 2.45) is 5.92 Å². The summed E-state index contributed by atoms with van der Waals surface area (Å²) >= 11 is 0. The van der Waals surface area contributed by atoms with Gasteiger partial charge in [0.2, 0.25) is 0 Å². The summed E-state index contributed by atoms with van der Waals surface area (Å²) in [6.07, 6.45) is 0.0650. The number of rotatable bonds is 4. The van der Waals surface area contributed by atoms with Gasteiger partial charge in [0.05, 0.1) is 6.61 Å². The third kappa shape index (κ3) is 4.10. The van der Waals surface area contributed by atoms with E-state index >= 15 is 0 Å². The molecule has 0 spiro atoms. The average Bonchev–Trinajstić information content (AvgIpc) is 2.77. The highest BCUT2D eigenvalue weighted by Crippen LogP contribution is 2.28. The van der Waals surface area contributed by atoms with Crippen LogP contribution in [0.4, 0.5) is 13.2 Å². The van der Waals surface area contributed by atoms with Crippen molar-refractivity contribution >= 4 is 0 Å². The number of nitrogens with zero attached hydrogens (tertiary/aromatic N) is 1. The van der Waals surface area contributed by atoms with Crippen LogP contribution in [0.25, 0.3) is 0 Å². The summed E-state index contributed by atoms with van der Waals surface area (Å²) in [5.74, 6) is 0.590. The lowest BCUT2D eigenvalue weighted by atomic mass is 9.90. The maximum absolute atomic E-state index is 11.9. The van der Waals surface area contributed by atoms with Crippen LogP contribution in [-0.2, 0) is 4.74 Å². The molecule has 2 heterocycles. The van der Waals surface area contributed by atoms with E-state index in [1.807, 2.05) is 0 Å². The molecule has 0 radical (unpaired) electrons. The molecule has 0 amide bonds. The fourth-order valence-corrected chi connectivity index (χ4v) is 3.15. The van der Waals surface area contributed by atoms with E-state index in [1.165, 1.54) is 12.8 Å². The zero-order chi connectivity index (χ0) is 13.0. The Hall–Kier alpha value is -0.330. The van der Waals surface area contributed by atoms with Crippen molar-refractivity contribution in [2.75, 3.05) is 32.8 Å². The van der Waals surface area contributed by atoms with Crippen LogP contribution in [-0.4, -0.2) is 50.1 Å². The van der Waals surface area contributed by atoms with Gasteiger partial charge in [-0.25, -0.2) is 0 Å². The Morgan fingerprint density at radius 2 is 2.06 bits per heavy atom. The van der Waals surface area contributed by atoms with Crippen LogP contribution in [0.3, 0.4) is 0 Å². The summed E-state index contributed by atoms with van der Waals surface area (Å²) in [6.45, 7) is 3.12. The van der Waals surface area contributed by atoms with Crippen molar-refractivity contribution in [2.45, 2.75) is 38.1 Å². The molecule has 0 aromatic rings. The molecule has 2 aliphatic heterocycles. The smallest absolute Gasteiger partial charge is 0.316 e. The van der Waals surface area contributed by atoms with Crippen molar-refractivity contribution in [3.05, 3.63) is 0 Å². The molecular formula is C12H21F3N2O. The van der Waals surface area contributed by atoms with Gasteiger partial charge >= 0.3 is 6.36 Å². The highest BCUT2D eigenvalue weighted by atomic mass is 19.4. The predicted molar refractivity (Wildman–Crippen MR) is 62.2 cm³/mol. The fraction of sp³-hybridized carbons (Fsp3) is 1.00. The summed E-state index contributed by atoms with van der Waals surface area (Å²) < 4.78 is 39.7. The number of nitrogens with one attached hydrogen (secondary N) is 1. The second kappa shape index (κ2) is 6.21. The van der Waals surface area contributed by atoms with Gasteiger partial charge in [-0.3, -0.25) is 9.64 Å². The minimum Gasteiger partial charge on any atom is -0.316 e. The van der Waals surface area contributed by atoms with Gasteiger partial charge in [-0.2, -0.15) is 0 Å². The van der Waals surface area contributed by atoms with Crippen LogP contribution in [0, 0.1) is 5.92 Å². The van der Waals surface area contributed by atoms with Crippen LogP contribution in [0.2, 0.25) is 0 Å². The average molecular weight is 266 g/mol. The largest absolute Gasteiger partial charge is 0.522 e. The van der Waals surface area contributed by atoms with Gasteiger partial charge in [-0.15, -0.1) is 13.2 Å². The Kier molecular flexibility index (Phi) is 4.86. The molecule has 0 bridgehead atoms. The molecule has 2 aliphatic rings. The SMILES string of the molecule is FC(F)(F)OCCN1CCCC1C1CCCNC1. The molecule has 18 heavy (non-hydrogen) atoms. The first-order valence-corrected chi connectivity index (χ1v) is 6.72. The molecule has 2 fully saturated rings. The van der Waals surface area contributed by atoms with Gasteiger partial charge in [0.15, 0.2) is 0 Å². The quantitative estimate of drug-likeness (QED) is 0.842. The van der Waals surface area contributed by atoms with Crippen molar-refractivity contribution < 1.29 is 17.9 Å². The topological polar surface area (TPSA) is 24.5 Å². The minimum absolute atomic E-state index is 0.250. The van der Waals surface area contributed by atoms with E-state index in [2.05, 4.69) is 15.0 Å². The first-order valence-electron chi connectivity index (χ1n) is 6.72. The summed E-state index contributed by atoms with van der Waals surface area (Å²) in [5, 5.41) is 3.37. The van der Waals surface area contributed by atoms with Crippen LogP contribution in [0.15, 0.2) is 0 Å². The Morgan fingerprint density at radius 3 is 2.72 bits per heavy atom. The molecule has 2 atom stereocenters. The van der Waals surface area contributed by atoms with Crippen LogP contribution in [0.5, 0.6) is 0 Å². The lowest BCUT2D eigenvalue weighted by Gasteiger charge is -2.34. The first kappa shape index (κ1) is 14.1. The second-order valence-electron chi connectivity index (χ2n) is 5.15. The zero-order valence-corrected chi connectivity index (χ0v) is 10.5. The normalized spacial score (nSPS) is 30.8. The van der Waals surface area contributed by atoms with Gasteiger partial charge in [0.25, 0.3) is 0 Å². The number of ether oxygens (including phenoxy) is 1. The predicted octanol–water partition coefficient (Wildman–Crippen LogP) is 1.99. The van der Waals surface area contributed by atoms with E-state index in [9.17, 15) is 13.2 Å². The Labute approximate surface area is 106 Å².